The van der Waals surface area contributed by atoms with Gasteiger partial charge in [-0.2, -0.15) is 0 Å². The second-order valence-corrected chi connectivity index (χ2v) is 6.63. The van der Waals surface area contributed by atoms with E-state index >= 15 is 0 Å². The molecule has 3 atom stereocenters. The maximum Gasteiger partial charge on any atom is 0.317 e. The maximum absolute atomic E-state index is 12.0. The second-order valence-electron chi connectivity index (χ2n) is 6.63. The zero-order chi connectivity index (χ0) is 16.9. The molecule has 1 saturated carbocycles. The zero-order valence-electron chi connectivity index (χ0n) is 14.1. The predicted octanol–water partition coefficient (Wildman–Crippen LogP) is 1.89. The van der Waals surface area contributed by atoms with E-state index in [1.807, 2.05) is 13.0 Å². The standard InChI is InChI=1S/C18H26N4O2/c1-2-19-18(24)22-9-8-15(12-22)21-17(23)20-11-14-10-16(14)13-6-4-3-5-7-13/h3-7,14-16H,2,8-12H2,1H3,(H,19,24)(H2,20,21,23). The van der Waals surface area contributed by atoms with Gasteiger partial charge in [0.05, 0.1) is 0 Å². The summed E-state index contributed by atoms with van der Waals surface area (Å²) in [4.78, 5) is 25.5. The molecule has 0 aromatic heterocycles. The van der Waals surface area contributed by atoms with Crippen LogP contribution in [0.4, 0.5) is 9.59 Å². The van der Waals surface area contributed by atoms with Crippen molar-refractivity contribution >= 4 is 12.1 Å². The van der Waals surface area contributed by atoms with Crippen molar-refractivity contribution < 1.29 is 9.59 Å². The number of nitrogens with one attached hydrogen (secondary N) is 3. The highest BCUT2D eigenvalue weighted by Gasteiger charge is 2.38. The lowest BCUT2D eigenvalue weighted by Crippen LogP contribution is -2.45. The largest absolute Gasteiger partial charge is 0.338 e. The van der Waals surface area contributed by atoms with Crippen molar-refractivity contribution in [1.82, 2.24) is 20.9 Å². The second kappa shape index (κ2) is 7.55. The molecular formula is C18H26N4O2. The predicted molar refractivity (Wildman–Crippen MR) is 92.9 cm³/mol. The number of likely N-dealkylation sites (tertiary alicyclic amines) is 1. The van der Waals surface area contributed by atoms with Gasteiger partial charge < -0.3 is 20.9 Å². The molecule has 130 valence electrons. The summed E-state index contributed by atoms with van der Waals surface area (Å²) in [6.07, 6.45) is 1.94. The van der Waals surface area contributed by atoms with Crippen LogP contribution in [0.2, 0.25) is 0 Å². The first-order valence-electron chi connectivity index (χ1n) is 8.79. The minimum atomic E-state index is -0.128. The lowest BCUT2D eigenvalue weighted by Gasteiger charge is -2.17. The number of hydrogen-bond acceptors (Lipinski definition) is 2. The molecule has 3 unspecified atom stereocenters. The molecule has 0 bridgehead atoms. The quantitative estimate of drug-likeness (QED) is 0.771. The molecule has 1 aliphatic heterocycles. The minimum Gasteiger partial charge on any atom is -0.338 e. The summed E-state index contributed by atoms with van der Waals surface area (Å²) < 4.78 is 0. The van der Waals surface area contributed by atoms with E-state index in [1.165, 1.54) is 5.56 Å². The number of carbonyl (C=O) groups is 2. The molecule has 3 N–H and O–H groups in total. The van der Waals surface area contributed by atoms with Gasteiger partial charge in [0, 0.05) is 32.2 Å². The van der Waals surface area contributed by atoms with Crippen molar-refractivity contribution in [3.05, 3.63) is 35.9 Å². The third-order valence-electron chi connectivity index (χ3n) is 4.81. The van der Waals surface area contributed by atoms with Crippen molar-refractivity contribution in [3.63, 3.8) is 0 Å². The van der Waals surface area contributed by atoms with Crippen LogP contribution in [-0.4, -0.2) is 49.2 Å². The van der Waals surface area contributed by atoms with E-state index in [0.29, 0.717) is 38.0 Å². The number of benzene rings is 1. The molecule has 1 saturated heterocycles. The third-order valence-corrected chi connectivity index (χ3v) is 4.81. The van der Waals surface area contributed by atoms with Crippen LogP contribution in [0.5, 0.6) is 0 Å². The van der Waals surface area contributed by atoms with Crippen molar-refractivity contribution in [2.24, 2.45) is 5.92 Å². The lowest BCUT2D eigenvalue weighted by atomic mass is 10.1. The first kappa shape index (κ1) is 16.6. The fraction of sp³-hybridized carbons (Fsp3) is 0.556. The molecule has 0 spiro atoms. The van der Waals surface area contributed by atoms with Gasteiger partial charge in [0.1, 0.15) is 0 Å². The summed E-state index contributed by atoms with van der Waals surface area (Å²) in [7, 11) is 0. The lowest BCUT2D eigenvalue weighted by molar-refractivity contribution is 0.207. The molecule has 0 radical (unpaired) electrons. The number of hydrogen-bond donors (Lipinski definition) is 3. The Morgan fingerprint density at radius 2 is 2.00 bits per heavy atom. The number of amides is 4. The summed E-state index contributed by atoms with van der Waals surface area (Å²) in [5, 5.41) is 8.73. The van der Waals surface area contributed by atoms with E-state index in [9.17, 15) is 9.59 Å². The highest BCUT2D eigenvalue weighted by Crippen LogP contribution is 2.46. The highest BCUT2D eigenvalue weighted by molar-refractivity contribution is 5.76. The topological polar surface area (TPSA) is 73.5 Å². The number of nitrogens with zero attached hydrogens (tertiary/aromatic N) is 1. The van der Waals surface area contributed by atoms with Crippen LogP contribution >= 0.6 is 0 Å². The minimum absolute atomic E-state index is 0.0386. The van der Waals surface area contributed by atoms with Gasteiger partial charge in [-0.05, 0) is 37.2 Å². The van der Waals surface area contributed by atoms with Crippen molar-refractivity contribution in [2.75, 3.05) is 26.2 Å². The Morgan fingerprint density at radius 1 is 1.21 bits per heavy atom. The Labute approximate surface area is 143 Å². The van der Waals surface area contributed by atoms with Crippen LogP contribution in [0.1, 0.15) is 31.2 Å². The van der Waals surface area contributed by atoms with Gasteiger partial charge >= 0.3 is 12.1 Å². The average Bonchev–Trinajstić information content (AvgIpc) is 3.23. The highest BCUT2D eigenvalue weighted by atomic mass is 16.2. The number of urea groups is 2. The maximum atomic E-state index is 12.0. The first-order valence-corrected chi connectivity index (χ1v) is 8.79. The fourth-order valence-corrected chi connectivity index (χ4v) is 3.37. The molecule has 2 aliphatic rings. The van der Waals surface area contributed by atoms with Crippen molar-refractivity contribution in [3.8, 4) is 0 Å². The molecule has 4 amide bonds. The molecule has 6 heteroatoms. The smallest absolute Gasteiger partial charge is 0.317 e. The van der Waals surface area contributed by atoms with Crippen LogP contribution in [0.3, 0.4) is 0 Å². The van der Waals surface area contributed by atoms with E-state index < -0.39 is 0 Å². The molecular weight excluding hydrogens is 304 g/mol. The Morgan fingerprint density at radius 3 is 2.75 bits per heavy atom. The summed E-state index contributed by atoms with van der Waals surface area (Å²) >= 11 is 0. The summed E-state index contributed by atoms with van der Waals surface area (Å²) in [5.41, 5.74) is 1.36. The van der Waals surface area contributed by atoms with Gasteiger partial charge in [0.2, 0.25) is 0 Å². The molecule has 3 rings (SSSR count). The van der Waals surface area contributed by atoms with Crippen LogP contribution in [0.25, 0.3) is 0 Å². The zero-order valence-corrected chi connectivity index (χ0v) is 14.1. The van der Waals surface area contributed by atoms with Gasteiger partial charge in [0.25, 0.3) is 0 Å². The van der Waals surface area contributed by atoms with Crippen molar-refractivity contribution in [1.29, 1.82) is 0 Å². The van der Waals surface area contributed by atoms with E-state index in [2.05, 4.69) is 40.2 Å². The van der Waals surface area contributed by atoms with Gasteiger partial charge in [0.15, 0.2) is 0 Å². The van der Waals surface area contributed by atoms with Crippen LogP contribution in [0, 0.1) is 5.92 Å². The summed E-state index contributed by atoms with van der Waals surface area (Å²) in [6, 6.07) is 10.3. The van der Waals surface area contributed by atoms with E-state index in [4.69, 9.17) is 0 Å². The van der Waals surface area contributed by atoms with Gasteiger partial charge in [-0.1, -0.05) is 30.3 Å². The summed E-state index contributed by atoms with van der Waals surface area (Å²) in [6.45, 7) is 4.50. The molecule has 1 heterocycles. The molecule has 6 nitrogen and oxygen atoms in total. The third kappa shape index (κ3) is 4.19. The molecule has 2 fully saturated rings. The fourth-order valence-electron chi connectivity index (χ4n) is 3.37. The van der Waals surface area contributed by atoms with Crippen LogP contribution in [0.15, 0.2) is 30.3 Å². The molecule has 1 aromatic rings. The Kier molecular flexibility index (Phi) is 5.23. The molecule has 24 heavy (non-hydrogen) atoms. The Bertz CT molecular complexity index is 578. The average molecular weight is 330 g/mol. The number of carbonyl (C=O) groups excluding carboxylic acids is 2. The first-order chi connectivity index (χ1) is 11.7. The van der Waals surface area contributed by atoms with Crippen LogP contribution in [-0.2, 0) is 0 Å². The van der Waals surface area contributed by atoms with Gasteiger partial charge in [-0.15, -0.1) is 0 Å². The SMILES string of the molecule is CCNC(=O)N1CCC(NC(=O)NCC2CC2c2ccccc2)C1. The van der Waals surface area contributed by atoms with Crippen molar-refractivity contribution in [2.45, 2.75) is 31.7 Å². The van der Waals surface area contributed by atoms with Crippen LogP contribution < -0.4 is 16.0 Å². The summed E-state index contributed by atoms with van der Waals surface area (Å²) in [5.74, 6) is 1.11. The molecule has 1 aliphatic carbocycles. The number of rotatable bonds is 5. The van der Waals surface area contributed by atoms with Gasteiger partial charge in [-0.25, -0.2) is 9.59 Å². The Hall–Kier alpha value is -2.24. The Balaban J connectivity index is 1.35. The van der Waals surface area contributed by atoms with E-state index in [1.54, 1.807) is 4.90 Å². The monoisotopic (exact) mass is 330 g/mol. The normalized spacial score (nSPS) is 25.2. The van der Waals surface area contributed by atoms with E-state index in [0.717, 1.165) is 12.8 Å². The van der Waals surface area contributed by atoms with E-state index in [-0.39, 0.29) is 18.1 Å². The van der Waals surface area contributed by atoms with Gasteiger partial charge in [-0.3, -0.25) is 0 Å². The molecule has 1 aromatic carbocycles.